The number of anilines is 1. The molecule has 0 bridgehead atoms. The van der Waals surface area contributed by atoms with Crippen molar-refractivity contribution in [2.45, 2.75) is 19.4 Å². The SMILES string of the molecule is COc1cc(NCC2Cc3cc(C)ccc3O2)ccc1F. The third-order valence-corrected chi connectivity index (χ3v) is 3.64. The minimum absolute atomic E-state index is 0.0952. The average molecular weight is 287 g/mol. The summed E-state index contributed by atoms with van der Waals surface area (Å²) < 4.78 is 24.2. The second kappa shape index (κ2) is 5.64. The van der Waals surface area contributed by atoms with Gasteiger partial charge in [-0.05, 0) is 30.7 Å². The van der Waals surface area contributed by atoms with Gasteiger partial charge in [0.1, 0.15) is 11.9 Å². The third kappa shape index (κ3) is 2.94. The molecule has 2 aromatic carbocycles. The van der Waals surface area contributed by atoms with Crippen LogP contribution in [-0.2, 0) is 6.42 Å². The molecule has 1 N–H and O–H groups in total. The maximum absolute atomic E-state index is 13.4. The summed E-state index contributed by atoms with van der Waals surface area (Å²) >= 11 is 0. The highest BCUT2D eigenvalue weighted by Crippen LogP contribution is 2.30. The van der Waals surface area contributed by atoms with Crippen molar-refractivity contribution < 1.29 is 13.9 Å². The van der Waals surface area contributed by atoms with Gasteiger partial charge in [-0.2, -0.15) is 0 Å². The molecule has 1 unspecified atom stereocenters. The molecule has 4 heteroatoms. The topological polar surface area (TPSA) is 30.5 Å². The summed E-state index contributed by atoms with van der Waals surface area (Å²) in [6, 6.07) is 11.0. The molecule has 0 saturated heterocycles. The van der Waals surface area contributed by atoms with Crippen LogP contribution in [0.5, 0.6) is 11.5 Å². The summed E-state index contributed by atoms with van der Waals surface area (Å²) in [4.78, 5) is 0. The molecule has 0 amide bonds. The van der Waals surface area contributed by atoms with Crippen molar-refractivity contribution in [1.82, 2.24) is 0 Å². The largest absolute Gasteiger partial charge is 0.494 e. The van der Waals surface area contributed by atoms with Gasteiger partial charge in [0.25, 0.3) is 0 Å². The van der Waals surface area contributed by atoms with Crippen LogP contribution in [0.25, 0.3) is 0 Å². The van der Waals surface area contributed by atoms with Crippen LogP contribution >= 0.6 is 0 Å². The predicted molar refractivity (Wildman–Crippen MR) is 80.7 cm³/mol. The summed E-state index contributed by atoms with van der Waals surface area (Å²) in [6.07, 6.45) is 0.986. The van der Waals surface area contributed by atoms with Crippen molar-refractivity contribution in [3.8, 4) is 11.5 Å². The van der Waals surface area contributed by atoms with Gasteiger partial charge < -0.3 is 14.8 Å². The van der Waals surface area contributed by atoms with Crippen LogP contribution < -0.4 is 14.8 Å². The van der Waals surface area contributed by atoms with Crippen molar-refractivity contribution in [2.24, 2.45) is 0 Å². The van der Waals surface area contributed by atoms with Gasteiger partial charge in [0.05, 0.1) is 13.7 Å². The minimum atomic E-state index is -0.358. The van der Waals surface area contributed by atoms with Gasteiger partial charge in [0.2, 0.25) is 0 Å². The molecule has 1 aliphatic heterocycles. The number of fused-ring (bicyclic) bond motifs is 1. The lowest BCUT2D eigenvalue weighted by Gasteiger charge is -2.13. The first kappa shape index (κ1) is 13.7. The van der Waals surface area contributed by atoms with E-state index in [-0.39, 0.29) is 17.7 Å². The zero-order valence-electron chi connectivity index (χ0n) is 12.2. The van der Waals surface area contributed by atoms with Crippen LogP contribution in [0.3, 0.4) is 0 Å². The fourth-order valence-electron chi connectivity index (χ4n) is 2.56. The molecular weight excluding hydrogens is 269 g/mol. The number of aryl methyl sites for hydroxylation is 1. The lowest BCUT2D eigenvalue weighted by Crippen LogP contribution is -2.23. The van der Waals surface area contributed by atoms with Crippen LogP contribution in [-0.4, -0.2) is 19.8 Å². The number of ether oxygens (including phenoxy) is 2. The predicted octanol–water partition coefficient (Wildman–Crippen LogP) is 3.56. The number of halogens is 1. The number of methoxy groups -OCH3 is 1. The molecule has 0 radical (unpaired) electrons. The number of rotatable bonds is 4. The smallest absolute Gasteiger partial charge is 0.165 e. The van der Waals surface area contributed by atoms with Gasteiger partial charge in [-0.1, -0.05) is 17.7 Å². The Morgan fingerprint density at radius 2 is 2.14 bits per heavy atom. The molecule has 1 atom stereocenters. The van der Waals surface area contributed by atoms with E-state index in [0.29, 0.717) is 6.54 Å². The molecule has 1 heterocycles. The van der Waals surface area contributed by atoms with Gasteiger partial charge in [-0.3, -0.25) is 0 Å². The summed E-state index contributed by atoms with van der Waals surface area (Å²) in [7, 11) is 1.46. The normalized spacial score (nSPS) is 16.2. The molecule has 3 rings (SSSR count). The Bertz CT molecular complexity index is 657. The summed E-state index contributed by atoms with van der Waals surface area (Å²) in [5.41, 5.74) is 3.32. The van der Waals surface area contributed by atoms with Gasteiger partial charge in [0.15, 0.2) is 11.6 Å². The standard InChI is InChI=1S/C17H18FNO2/c1-11-3-6-16-12(7-11)8-14(21-16)10-19-13-4-5-15(18)17(9-13)20-2/h3-7,9,14,19H,8,10H2,1-2H3. The van der Waals surface area contributed by atoms with E-state index in [9.17, 15) is 4.39 Å². The van der Waals surface area contributed by atoms with Crippen LogP contribution in [0, 0.1) is 12.7 Å². The Kier molecular flexibility index (Phi) is 3.69. The molecular formula is C17H18FNO2. The van der Waals surface area contributed by atoms with Crippen LogP contribution in [0.4, 0.5) is 10.1 Å². The highest BCUT2D eigenvalue weighted by Gasteiger charge is 2.22. The van der Waals surface area contributed by atoms with Crippen molar-refractivity contribution in [2.75, 3.05) is 19.0 Å². The Labute approximate surface area is 123 Å². The Morgan fingerprint density at radius 3 is 2.95 bits per heavy atom. The second-order valence-electron chi connectivity index (χ2n) is 5.29. The molecule has 0 spiro atoms. The third-order valence-electron chi connectivity index (χ3n) is 3.64. The van der Waals surface area contributed by atoms with E-state index < -0.39 is 0 Å². The van der Waals surface area contributed by atoms with E-state index in [1.807, 2.05) is 6.07 Å². The quantitative estimate of drug-likeness (QED) is 0.932. The molecule has 0 saturated carbocycles. The van der Waals surface area contributed by atoms with Crippen molar-refractivity contribution in [3.05, 3.63) is 53.3 Å². The summed E-state index contributed by atoms with van der Waals surface area (Å²) in [5, 5.41) is 3.27. The van der Waals surface area contributed by atoms with Crippen molar-refractivity contribution >= 4 is 5.69 Å². The van der Waals surface area contributed by atoms with Gasteiger partial charge in [-0.25, -0.2) is 4.39 Å². The first-order chi connectivity index (χ1) is 10.2. The number of hydrogen-bond acceptors (Lipinski definition) is 3. The van der Waals surface area contributed by atoms with Crippen LogP contribution in [0.2, 0.25) is 0 Å². The van der Waals surface area contributed by atoms with E-state index in [2.05, 4.69) is 24.4 Å². The fourth-order valence-corrected chi connectivity index (χ4v) is 2.56. The maximum atomic E-state index is 13.4. The number of nitrogens with one attached hydrogen (secondary N) is 1. The Hall–Kier alpha value is -2.23. The molecule has 0 aliphatic carbocycles. The molecule has 21 heavy (non-hydrogen) atoms. The monoisotopic (exact) mass is 287 g/mol. The molecule has 110 valence electrons. The molecule has 0 fully saturated rings. The Balaban J connectivity index is 1.62. The molecule has 3 nitrogen and oxygen atoms in total. The molecule has 1 aliphatic rings. The van der Waals surface area contributed by atoms with E-state index in [4.69, 9.17) is 9.47 Å². The first-order valence-corrected chi connectivity index (χ1v) is 6.99. The summed E-state index contributed by atoms with van der Waals surface area (Å²) in [6.45, 7) is 2.75. The number of benzene rings is 2. The minimum Gasteiger partial charge on any atom is -0.494 e. The van der Waals surface area contributed by atoms with E-state index in [1.165, 1.54) is 24.3 Å². The Morgan fingerprint density at radius 1 is 1.29 bits per heavy atom. The number of hydrogen-bond donors (Lipinski definition) is 1. The van der Waals surface area contributed by atoms with Gasteiger partial charge in [0, 0.05) is 18.2 Å². The highest BCUT2D eigenvalue weighted by molar-refractivity contribution is 5.49. The lowest BCUT2D eigenvalue weighted by molar-refractivity contribution is 0.246. The van der Waals surface area contributed by atoms with Crippen LogP contribution in [0.1, 0.15) is 11.1 Å². The van der Waals surface area contributed by atoms with Gasteiger partial charge in [-0.15, -0.1) is 0 Å². The highest BCUT2D eigenvalue weighted by atomic mass is 19.1. The molecule has 2 aromatic rings. The maximum Gasteiger partial charge on any atom is 0.165 e. The van der Waals surface area contributed by atoms with E-state index >= 15 is 0 Å². The zero-order valence-corrected chi connectivity index (χ0v) is 12.2. The lowest BCUT2D eigenvalue weighted by atomic mass is 10.1. The van der Waals surface area contributed by atoms with Gasteiger partial charge >= 0.3 is 0 Å². The summed E-state index contributed by atoms with van der Waals surface area (Å²) in [5.74, 6) is 0.846. The second-order valence-corrected chi connectivity index (χ2v) is 5.29. The van der Waals surface area contributed by atoms with Crippen molar-refractivity contribution in [1.29, 1.82) is 0 Å². The van der Waals surface area contributed by atoms with Crippen molar-refractivity contribution in [3.63, 3.8) is 0 Å². The fraction of sp³-hybridized carbons (Fsp3) is 0.294. The first-order valence-electron chi connectivity index (χ1n) is 6.99. The molecule has 0 aromatic heterocycles. The average Bonchev–Trinajstić information content (AvgIpc) is 2.88. The zero-order chi connectivity index (χ0) is 14.8. The van der Waals surface area contributed by atoms with E-state index in [1.54, 1.807) is 12.1 Å². The van der Waals surface area contributed by atoms with Crippen LogP contribution in [0.15, 0.2) is 36.4 Å². The van der Waals surface area contributed by atoms with E-state index in [0.717, 1.165) is 17.9 Å².